The molecule has 0 bridgehead atoms. The highest BCUT2D eigenvalue weighted by Crippen LogP contribution is 2.64. The van der Waals surface area contributed by atoms with E-state index in [1.54, 1.807) is 6.92 Å². The number of Topliss-reactive ketones (excluding diaryl/α,β-unsaturated/α-hetero) is 1. The fraction of sp³-hybridized carbons (Fsp3) is 0.409. The van der Waals surface area contributed by atoms with E-state index in [2.05, 4.69) is 36.5 Å². The molecule has 1 spiro atoms. The van der Waals surface area contributed by atoms with Crippen molar-refractivity contribution in [1.82, 2.24) is 5.32 Å². The van der Waals surface area contributed by atoms with Gasteiger partial charge in [-0.15, -0.1) is 0 Å². The Hall–Kier alpha value is -1.93. The van der Waals surface area contributed by atoms with E-state index >= 15 is 0 Å². The van der Waals surface area contributed by atoms with Gasteiger partial charge in [-0.05, 0) is 85.9 Å². The molecular weight excluding hydrogens is 294 g/mol. The van der Waals surface area contributed by atoms with E-state index < -0.39 is 0 Å². The highest BCUT2D eigenvalue weighted by Gasteiger charge is 2.54. The summed E-state index contributed by atoms with van der Waals surface area (Å²) in [5.41, 5.74) is 6.45. The number of aryl methyl sites for hydroxylation is 1. The van der Waals surface area contributed by atoms with Crippen molar-refractivity contribution in [3.63, 3.8) is 0 Å². The fourth-order valence-corrected chi connectivity index (χ4v) is 4.34. The molecule has 2 heteroatoms. The molecule has 124 valence electrons. The van der Waals surface area contributed by atoms with Crippen molar-refractivity contribution >= 4 is 5.78 Å². The van der Waals surface area contributed by atoms with Gasteiger partial charge in [0.25, 0.3) is 0 Å². The zero-order valence-corrected chi connectivity index (χ0v) is 14.6. The monoisotopic (exact) mass is 319 g/mol. The lowest BCUT2D eigenvalue weighted by atomic mass is 9.89. The summed E-state index contributed by atoms with van der Waals surface area (Å²) in [5.74, 6) is 0.872. The quantitative estimate of drug-likeness (QED) is 0.829. The molecule has 1 saturated carbocycles. The normalized spacial score (nSPS) is 21.7. The molecule has 24 heavy (non-hydrogen) atoms. The second kappa shape index (κ2) is 5.86. The summed E-state index contributed by atoms with van der Waals surface area (Å²) in [7, 11) is 0. The van der Waals surface area contributed by atoms with Gasteiger partial charge >= 0.3 is 0 Å². The third kappa shape index (κ3) is 2.69. The summed E-state index contributed by atoms with van der Waals surface area (Å²) < 4.78 is 0. The summed E-state index contributed by atoms with van der Waals surface area (Å²) in [4.78, 5) is 11.7. The van der Waals surface area contributed by atoms with Gasteiger partial charge < -0.3 is 5.32 Å². The SMILES string of the molecule is CC(=O)c1ccc(C)c(-c2ccc([C@H]3CC34CCNCC4)cc2)c1. The van der Waals surface area contributed by atoms with Crippen LogP contribution in [0.25, 0.3) is 11.1 Å². The Bertz CT molecular complexity index is 769. The molecule has 1 N–H and O–H groups in total. The molecule has 2 nitrogen and oxygen atoms in total. The number of nitrogens with one attached hydrogen (secondary N) is 1. The van der Waals surface area contributed by atoms with Crippen LogP contribution < -0.4 is 5.32 Å². The lowest BCUT2D eigenvalue weighted by Gasteiger charge is -2.23. The van der Waals surface area contributed by atoms with Crippen LogP contribution in [0.1, 0.15) is 53.6 Å². The number of benzene rings is 2. The standard InChI is InChI=1S/C22H25NO/c1-15-3-4-19(16(2)24)13-20(15)17-5-7-18(8-6-17)21-14-22(21)9-11-23-12-10-22/h3-8,13,21,23H,9-12,14H2,1-2H3/t21-/m1/s1. The van der Waals surface area contributed by atoms with Crippen molar-refractivity contribution in [2.45, 2.75) is 39.0 Å². The Labute approximate surface area is 144 Å². The van der Waals surface area contributed by atoms with Gasteiger partial charge in [0.1, 0.15) is 0 Å². The third-order valence-electron chi connectivity index (χ3n) is 6.06. The van der Waals surface area contributed by atoms with Crippen molar-refractivity contribution < 1.29 is 4.79 Å². The summed E-state index contributed by atoms with van der Waals surface area (Å²) in [6, 6.07) is 15.1. The smallest absolute Gasteiger partial charge is 0.159 e. The summed E-state index contributed by atoms with van der Waals surface area (Å²) in [6.07, 6.45) is 3.99. The summed E-state index contributed by atoms with van der Waals surface area (Å²) in [6.45, 7) is 6.08. The van der Waals surface area contributed by atoms with Gasteiger partial charge in [0, 0.05) is 5.56 Å². The fourth-order valence-electron chi connectivity index (χ4n) is 4.34. The minimum absolute atomic E-state index is 0.124. The lowest BCUT2D eigenvalue weighted by molar-refractivity contribution is 0.101. The molecule has 2 aliphatic rings. The molecule has 0 amide bonds. The average molecular weight is 319 g/mol. The Balaban J connectivity index is 1.59. The molecule has 1 atom stereocenters. The van der Waals surface area contributed by atoms with Crippen molar-refractivity contribution in [3.8, 4) is 11.1 Å². The van der Waals surface area contributed by atoms with Crippen LogP contribution in [0.15, 0.2) is 42.5 Å². The number of carbonyl (C=O) groups is 1. The molecule has 0 radical (unpaired) electrons. The average Bonchev–Trinajstić information content (AvgIpc) is 3.29. The van der Waals surface area contributed by atoms with Gasteiger partial charge in [-0.25, -0.2) is 0 Å². The molecule has 4 rings (SSSR count). The molecule has 0 aromatic heterocycles. The van der Waals surface area contributed by atoms with Gasteiger partial charge in [0.15, 0.2) is 5.78 Å². The first-order valence-corrected chi connectivity index (χ1v) is 9.02. The molecule has 1 saturated heterocycles. The van der Waals surface area contributed by atoms with Crippen molar-refractivity contribution in [3.05, 3.63) is 59.2 Å². The van der Waals surface area contributed by atoms with E-state index in [0.717, 1.165) is 11.5 Å². The van der Waals surface area contributed by atoms with Crippen molar-refractivity contribution in [1.29, 1.82) is 0 Å². The first kappa shape index (κ1) is 15.6. The van der Waals surface area contributed by atoms with Crippen molar-refractivity contribution in [2.75, 3.05) is 13.1 Å². The van der Waals surface area contributed by atoms with Gasteiger partial charge in [-0.3, -0.25) is 4.79 Å². The van der Waals surface area contributed by atoms with Crippen LogP contribution in [-0.2, 0) is 0 Å². The Morgan fingerprint density at radius 1 is 1.08 bits per heavy atom. The van der Waals surface area contributed by atoms with E-state index in [9.17, 15) is 4.79 Å². The number of piperidine rings is 1. The van der Waals surface area contributed by atoms with Crippen LogP contribution in [0.5, 0.6) is 0 Å². The summed E-state index contributed by atoms with van der Waals surface area (Å²) in [5, 5.41) is 3.48. The van der Waals surface area contributed by atoms with Crippen LogP contribution in [0.3, 0.4) is 0 Å². The van der Waals surface area contributed by atoms with Crippen LogP contribution >= 0.6 is 0 Å². The van der Waals surface area contributed by atoms with Crippen LogP contribution in [0.2, 0.25) is 0 Å². The van der Waals surface area contributed by atoms with E-state index in [-0.39, 0.29) is 5.78 Å². The molecule has 1 aliphatic carbocycles. The predicted octanol–water partition coefficient (Wildman–Crippen LogP) is 4.72. The number of carbonyl (C=O) groups excluding carboxylic acids is 1. The second-order valence-corrected chi connectivity index (χ2v) is 7.58. The molecule has 2 aromatic rings. The highest BCUT2D eigenvalue weighted by atomic mass is 16.1. The molecule has 2 fully saturated rings. The minimum Gasteiger partial charge on any atom is -0.317 e. The third-order valence-corrected chi connectivity index (χ3v) is 6.06. The number of hydrogen-bond donors (Lipinski definition) is 1. The van der Waals surface area contributed by atoms with Crippen LogP contribution in [0.4, 0.5) is 0 Å². The summed E-state index contributed by atoms with van der Waals surface area (Å²) >= 11 is 0. The minimum atomic E-state index is 0.124. The van der Waals surface area contributed by atoms with Gasteiger partial charge in [0.2, 0.25) is 0 Å². The van der Waals surface area contributed by atoms with E-state index in [1.165, 1.54) is 54.6 Å². The molecule has 2 aromatic carbocycles. The zero-order chi connectivity index (χ0) is 16.7. The Kier molecular flexibility index (Phi) is 3.80. The molecular formula is C22H25NO. The maximum atomic E-state index is 11.7. The molecule has 1 aliphatic heterocycles. The first-order valence-electron chi connectivity index (χ1n) is 9.02. The predicted molar refractivity (Wildman–Crippen MR) is 98.5 cm³/mol. The maximum absolute atomic E-state index is 11.7. The number of rotatable bonds is 3. The Morgan fingerprint density at radius 2 is 1.79 bits per heavy atom. The topological polar surface area (TPSA) is 29.1 Å². The van der Waals surface area contributed by atoms with Crippen LogP contribution in [0, 0.1) is 12.3 Å². The highest BCUT2D eigenvalue weighted by molar-refractivity contribution is 5.95. The molecule has 1 heterocycles. The number of hydrogen-bond acceptors (Lipinski definition) is 2. The largest absolute Gasteiger partial charge is 0.317 e. The van der Waals surface area contributed by atoms with Gasteiger partial charge in [-0.2, -0.15) is 0 Å². The van der Waals surface area contributed by atoms with Gasteiger partial charge in [-0.1, -0.05) is 36.4 Å². The maximum Gasteiger partial charge on any atom is 0.159 e. The lowest BCUT2D eigenvalue weighted by Crippen LogP contribution is -2.29. The van der Waals surface area contributed by atoms with E-state index in [4.69, 9.17) is 0 Å². The van der Waals surface area contributed by atoms with E-state index in [0.29, 0.717) is 5.41 Å². The Morgan fingerprint density at radius 3 is 2.46 bits per heavy atom. The van der Waals surface area contributed by atoms with E-state index in [1.807, 2.05) is 18.2 Å². The number of ketones is 1. The van der Waals surface area contributed by atoms with Crippen molar-refractivity contribution in [2.24, 2.45) is 5.41 Å². The zero-order valence-electron chi connectivity index (χ0n) is 14.6. The van der Waals surface area contributed by atoms with Crippen LogP contribution in [-0.4, -0.2) is 18.9 Å². The molecule has 0 unspecified atom stereocenters. The second-order valence-electron chi connectivity index (χ2n) is 7.58. The first-order chi connectivity index (χ1) is 11.6. The van der Waals surface area contributed by atoms with Gasteiger partial charge in [0.05, 0.1) is 0 Å².